The number of morpholine rings is 1. The Labute approximate surface area is 170 Å². The number of amides is 2. The second kappa shape index (κ2) is 9.07. The number of benzene rings is 1. The average Bonchev–Trinajstić information content (AvgIpc) is 3.19. The normalized spacial score (nSPS) is 19.9. The van der Waals surface area contributed by atoms with Crippen molar-refractivity contribution in [1.29, 1.82) is 0 Å². The standard InChI is InChI=1S/C22H27N5O2/c1-2-26-12-13-29-20(21(26)17-8-4-3-5-9-17)16-24-22(28)23-14-18-15-25-27-11-7-6-10-19(18)27/h3-11,15,20-21H,2,12-14,16H2,1H3,(H2,23,24,28)/t20-,21-/m0/s1. The molecule has 0 radical (unpaired) electrons. The zero-order valence-electron chi connectivity index (χ0n) is 16.6. The number of fused-ring (bicyclic) bond motifs is 1. The van der Waals surface area contributed by atoms with Gasteiger partial charge in [0.25, 0.3) is 0 Å². The largest absolute Gasteiger partial charge is 0.373 e. The summed E-state index contributed by atoms with van der Waals surface area (Å²) < 4.78 is 7.84. The Bertz CT molecular complexity index is 943. The molecule has 0 aliphatic carbocycles. The maximum Gasteiger partial charge on any atom is 0.315 e. The van der Waals surface area contributed by atoms with Gasteiger partial charge in [-0.05, 0) is 24.2 Å². The molecule has 1 aliphatic heterocycles. The minimum atomic E-state index is -0.204. The Hall–Kier alpha value is -2.90. The lowest BCUT2D eigenvalue weighted by Crippen LogP contribution is -2.50. The van der Waals surface area contributed by atoms with Gasteiger partial charge in [0.2, 0.25) is 0 Å². The van der Waals surface area contributed by atoms with E-state index in [-0.39, 0.29) is 18.2 Å². The molecule has 29 heavy (non-hydrogen) atoms. The van der Waals surface area contributed by atoms with Crippen LogP contribution in [0, 0.1) is 0 Å². The number of aromatic nitrogens is 2. The van der Waals surface area contributed by atoms with Crippen molar-refractivity contribution in [2.24, 2.45) is 0 Å². The van der Waals surface area contributed by atoms with Gasteiger partial charge >= 0.3 is 6.03 Å². The Morgan fingerprint density at radius 2 is 2.00 bits per heavy atom. The fraction of sp³-hybridized carbons (Fsp3) is 0.364. The smallest absolute Gasteiger partial charge is 0.315 e. The molecular weight excluding hydrogens is 366 g/mol. The minimum Gasteiger partial charge on any atom is -0.373 e. The van der Waals surface area contributed by atoms with Crippen LogP contribution in [0.2, 0.25) is 0 Å². The van der Waals surface area contributed by atoms with Crippen molar-refractivity contribution in [3.63, 3.8) is 0 Å². The van der Waals surface area contributed by atoms with Crippen LogP contribution in [0.4, 0.5) is 4.79 Å². The third-order valence-corrected chi connectivity index (χ3v) is 5.41. The van der Waals surface area contributed by atoms with Gasteiger partial charge in [-0.3, -0.25) is 4.90 Å². The van der Waals surface area contributed by atoms with Crippen molar-refractivity contribution in [2.75, 3.05) is 26.2 Å². The highest BCUT2D eigenvalue weighted by molar-refractivity contribution is 5.74. The summed E-state index contributed by atoms with van der Waals surface area (Å²) in [4.78, 5) is 14.8. The summed E-state index contributed by atoms with van der Waals surface area (Å²) in [7, 11) is 0. The third kappa shape index (κ3) is 4.41. The lowest BCUT2D eigenvalue weighted by molar-refractivity contribution is -0.0681. The predicted molar refractivity (Wildman–Crippen MR) is 112 cm³/mol. The van der Waals surface area contributed by atoms with Gasteiger partial charge in [0, 0.05) is 31.4 Å². The number of urea groups is 1. The van der Waals surface area contributed by atoms with E-state index in [1.807, 2.05) is 42.6 Å². The summed E-state index contributed by atoms with van der Waals surface area (Å²) >= 11 is 0. The van der Waals surface area contributed by atoms with Gasteiger partial charge in [-0.15, -0.1) is 0 Å². The lowest BCUT2D eigenvalue weighted by atomic mass is 9.98. The first-order chi connectivity index (χ1) is 14.3. The fourth-order valence-electron chi connectivity index (χ4n) is 3.94. The molecule has 1 aliphatic rings. The van der Waals surface area contributed by atoms with E-state index in [0.717, 1.165) is 24.2 Å². The second-order valence-electron chi connectivity index (χ2n) is 7.16. The molecule has 152 valence electrons. The highest BCUT2D eigenvalue weighted by atomic mass is 16.5. The van der Waals surface area contributed by atoms with E-state index < -0.39 is 0 Å². The van der Waals surface area contributed by atoms with E-state index in [2.05, 4.69) is 39.7 Å². The van der Waals surface area contributed by atoms with E-state index in [4.69, 9.17) is 4.74 Å². The number of nitrogens with zero attached hydrogens (tertiary/aromatic N) is 3. The van der Waals surface area contributed by atoms with Gasteiger partial charge in [0.15, 0.2) is 0 Å². The molecule has 0 saturated carbocycles. The summed E-state index contributed by atoms with van der Waals surface area (Å²) in [6, 6.07) is 16.2. The average molecular weight is 393 g/mol. The molecule has 1 fully saturated rings. The summed E-state index contributed by atoms with van der Waals surface area (Å²) in [6.45, 7) is 5.56. The second-order valence-corrected chi connectivity index (χ2v) is 7.16. The fourth-order valence-corrected chi connectivity index (χ4v) is 3.94. The number of likely N-dealkylation sites (N-methyl/N-ethyl adjacent to an activating group) is 1. The highest BCUT2D eigenvalue weighted by Gasteiger charge is 2.32. The number of pyridine rings is 1. The van der Waals surface area contributed by atoms with Crippen LogP contribution in [0.25, 0.3) is 5.52 Å². The van der Waals surface area contributed by atoms with E-state index in [9.17, 15) is 4.79 Å². The third-order valence-electron chi connectivity index (χ3n) is 5.41. The maximum atomic E-state index is 12.4. The van der Waals surface area contributed by atoms with Gasteiger partial charge in [-0.2, -0.15) is 5.10 Å². The molecule has 0 bridgehead atoms. The molecule has 0 spiro atoms. The van der Waals surface area contributed by atoms with Crippen LogP contribution in [-0.2, 0) is 11.3 Å². The van der Waals surface area contributed by atoms with Crippen molar-refractivity contribution in [1.82, 2.24) is 25.1 Å². The summed E-state index contributed by atoms with van der Waals surface area (Å²) in [5, 5.41) is 10.2. The molecule has 0 unspecified atom stereocenters. The number of carbonyl (C=O) groups excluding carboxylic acids is 1. The Kier molecular flexibility index (Phi) is 6.07. The predicted octanol–water partition coefficient (Wildman–Crippen LogP) is 2.60. The van der Waals surface area contributed by atoms with Gasteiger partial charge in [-0.25, -0.2) is 9.31 Å². The first kappa shape index (κ1) is 19.4. The summed E-state index contributed by atoms with van der Waals surface area (Å²) in [5.74, 6) is 0. The quantitative estimate of drug-likeness (QED) is 0.675. The van der Waals surface area contributed by atoms with Crippen LogP contribution in [0.1, 0.15) is 24.1 Å². The first-order valence-electron chi connectivity index (χ1n) is 10.1. The van der Waals surface area contributed by atoms with Crippen molar-refractivity contribution in [3.8, 4) is 0 Å². The molecule has 2 atom stereocenters. The van der Waals surface area contributed by atoms with Gasteiger partial charge in [-0.1, -0.05) is 43.3 Å². The molecular formula is C22H27N5O2. The number of hydrogen-bond donors (Lipinski definition) is 2. The molecule has 2 amide bonds. The topological polar surface area (TPSA) is 70.9 Å². The Morgan fingerprint density at radius 3 is 2.83 bits per heavy atom. The molecule has 2 aromatic heterocycles. The van der Waals surface area contributed by atoms with Crippen molar-refractivity contribution in [3.05, 3.63) is 72.1 Å². The number of hydrogen-bond acceptors (Lipinski definition) is 4. The summed E-state index contributed by atoms with van der Waals surface area (Å²) in [6.07, 6.45) is 3.58. The molecule has 3 heterocycles. The zero-order chi connectivity index (χ0) is 20.1. The number of rotatable bonds is 6. The van der Waals surface area contributed by atoms with Crippen molar-refractivity contribution >= 4 is 11.5 Å². The molecule has 7 heteroatoms. The maximum absolute atomic E-state index is 12.4. The van der Waals surface area contributed by atoms with E-state index in [1.54, 1.807) is 10.7 Å². The monoisotopic (exact) mass is 393 g/mol. The van der Waals surface area contributed by atoms with Crippen molar-refractivity contribution in [2.45, 2.75) is 25.6 Å². The van der Waals surface area contributed by atoms with Crippen molar-refractivity contribution < 1.29 is 9.53 Å². The Morgan fingerprint density at radius 1 is 1.17 bits per heavy atom. The SMILES string of the molecule is CCN1CCO[C@@H](CNC(=O)NCc2cnn3ccccc23)[C@@H]1c1ccccc1. The number of carbonyl (C=O) groups is 1. The van der Waals surface area contributed by atoms with Crippen LogP contribution in [0.15, 0.2) is 60.9 Å². The highest BCUT2D eigenvalue weighted by Crippen LogP contribution is 2.29. The number of nitrogens with one attached hydrogen (secondary N) is 2. The van der Waals surface area contributed by atoms with Crippen LogP contribution >= 0.6 is 0 Å². The van der Waals surface area contributed by atoms with Crippen LogP contribution in [-0.4, -0.2) is 52.9 Å². The minimum absolute atomic E-state index is 0.0890. The summed E-state index contributed by atoms with van der Waals surface area (Å²) in [5.41, 5.74) is 3.19. The van der Waals surface area contributed by atoms with Gasteiger partial charge < -0.3 is 15.4 Å². The first-order valence-corrected chi connectivity index (χ1v) is 10.1. The lowest BCUT2D eigenvalue weighted by Gasteiger charge is -2.41. The molecule has 2 N–H and O–H groups in total. The van der Waals surface area contributed by atoms with E-state index >= 15 is 0 Å². The zero-order valence-corrected chi connectivity index (χ0v) is 16.6. The van der Waals surface area contributed by atoms with Gasteiger partial charge in [0.05, 0.1) is 30.5 Å². The molecule has 1 saturated heterocycles. The number of ether oxygens (including phenoxy) is 1. The van der Waals surface area contributed by atoms with Crippen LogP contribution in [0.5, 0.6) is 0 Å². The molecule has 1 aromatic carbocycles. The van der Waals surface area contributed by atoms with Crippen LogP contribution < -0.4 is 10.6 Å². The Balaban J connectivity index is 1.36. The van der Waals surface area contributed by atoms with E-state index in [0.29, 0.717) is 19.7 Å². The van der Waals surface area contributed by atoms with Gasteiger partial charge in [0.1, 0.15) is 0 Å². The molecule has 3 aromatic rings. The molecule has 7 nitrogen and oxygen atoms in total. The van der Waals surface area contributed by atoms with Crippen LogP contribution in [0.3, 0.4) is 0 Å². The van der Waals surface area contributed by atoms with E-state index in [1.165, 1.54) is 5.56 Å². The molecule has 4 rings (SSSR count).